The number of rotatable bonds is 11. The first-order valence-electron chi connectivity index (χ1n) is 13.0. The van der Waals surface area contributed by atoms with E-state index in [4.69, 9.17) is 9.47 Å². The average Bonchev–Trinajstić information content (AvgIpc) is 3.71. The zero-order chi connectivity index (χ0) is 28.7. The largest absolute Gasteiger partial charge is 0.507 e. The molecule has 0 saturated heterocycles. The van der Waals surface area contributed by atoms with Gasteiger partial charge in [0.05, 0.1) is 7.11 Å². The average molecular weight is 558 g/mol. The van der Waals surface area contributed by atoms with Crippen molar-refractivity contribution in [1.82, 2.24) is 10.2 Å². The summed E-state index contributed by atoms with van der Waals surface area (Å²) in [6.45, 7) is 7.00. The van der Waals surface area contributed by atoms with Crippen LogP contribution in [0.2, 0.25) is 0 Å². The normalized spacial score (nSPS) is 14.6. The van der Waals surface area contributed by atoms with Gasteiger partial charge < -0.3 is 30.1 Å². The Hall–Kier alpha value is -3.40. The van der Waals surface area contributed by atoms with Gasteiger partial charge in [-0.05, 0) is 88.8 Å². The van der Waals surface area contributed by atoms with E-state index >= 15 is 0 Å². The number of hydrogen-bond acceptors (Lipinski definition) is 7. The highest BCUT2D eigenvalue weighted by atomic mass is 32.2. The molecule has 0 aromatic heterocycles. The number of amides is 3. The lowest BCUT2D eigenvalue weighted by Crippen LogP contribution is -2.53. The quantitative estimate of drug-likeness (QED) is 0.355. The topological polar surface area (TPSA) is 117 Å². The van der Waals surface area contributed by atoms with E-state index in [9.17, 15) is 19.5 Å². The molecule has 0 aliphatic heterocycles. The van der Waals surface area contributed by atoms with Gasteiger partial charge in [-0.15, -0.1) is 0 Å². The van der Waals surface area contributed by atoms with Crippen LogP contribution in [0.1, 0.15) is 57.2 Å². The maximum atomic E-state index is 14.2. The van der Waals surface area contributed by atoms with Gasteiger partial charge in [0.15, 0.2) is 0 Å². The highest BCUT2D eigenvalue weighted by Crippen LogP contribution is 2.40. The van der Waals surface area contributed by atoms with Crippen molar-refractivity contribution < 1.29 is 29.0 Å². The second kappa shape index (κ2) is 13.1. The van der Waals surface area contributed by atoms with Crippen LogP contribution in [-0.4, -0.2) is 64.7 Å². The fourth-order valence-corrected chi connectivity index (χ4v) is 4.67. The molecule has 10 heteroatoms. The number of methoxy groups -OCH3 is 1. The van der Waals surface area contributed by atoms with Crippen molar-refractivity contribution in [3.8, 4) is 11.5 Å². The molecule has 0 spiro atoms. The molecule has 3 N–H and O–H groups in total. The number of benzene rings is 2. The maximum Gasteiger partial charge on any atom is 0.408 e. The molecule has 1 saturated carbocycles. The summed E-state index contributed by atoms with van der Waals surface area (Å²) in [5.74, 6) is 0.339. The fraction of sp³-hybridized carbons (Fsp3) is 0.483. The summed E-state index contributed by atoms with van der Waals surface area (Å²) in [7, 11) is 1.56. The molecule has 0 heterocycles. The summed E-state index contributed by atoms with van der Waals surface area (Å²) < 4.78 is 10.6. The van der Waals surface area contributed by atoms with Crippen LogP contribution in [0.25, 0.3) is 0 Å². The molecule has 2 aromatic rings. The van der Waals surface area contributed by atoms with Gasteiger partial charge in [-0.25, -0.2) is 4.79 Å². The smallest absolute Gasteiger partial charge is 0.408 e. The lowest BCUT2D eigenvalue weighted by atomic mass is 9.98. The zero-order valence-corrected chi connectivity index (χ0v) is 24.3. The number of anilines is 1. The molecular formula is C29H39N3O6S. The lowest BCUT2D eigenvalue weighted by Gasteiger charge is -2.35. The molecule has 1 fully saturated rings. The number of nitrogens with one attached hydrogen (secondary N) is 2. The van der Waals surface area contributed by atoms with E-state index in [1.54, 1.807) is 89.0 Å². The minimum absolute atomic E-state index is 0.0494. The van der Waals surface area contributed by atoms with E-state index < -0.39 is 35.6 Å². The van der Waals surface area contributed by atoms with Crippen molar-refractivity contribution in [3.63, 3.8) is 0 Å². The minimum Gasteiger partial charge on any atom is -0.507 e. The molecule has 1 aliphatic rings. The Morgan fingerprint density at radius 1 is 1.13 bits per heavy atom. The lowest BCUT2D eigenvalue weighted by molar-refractivity contribution is -0.141. The molecule has 39 heavy (non-hydrogen) atoms. The second-order valence-electron chi connectivity index (χ2n) is 10.6. The standard InChI is InChI=1S/C29H39N3O6S/c1-18-8-7-9-22(25(18)33)24(26(34)30-19-10-14-21(37-5)15-11-19)32(20-12-13-20)27(35)23(16-17-39-6)31-28(36)38-29(2,3)4/h7-11,14-15,20,23-24,33H,12-13,16-17H2,1-6H3,(H,30,34)(H,31,36). The molecule has 2 unspecified atom stereocenters. The Bertz CT molecular complexity index is 1160. The second-order valence-corrected chi connectivity index (χ2v) is 11.6. The van der Waals surface area contributed by atoms with E-state index in [1.807, 2.05) is 6.26 Å². The molecule has 3 amide bonds. The number of phenolic OH excluding ortho intramolecular Hbond substituents is 1. The predicted octanol–water partition coefficient (Wildman–Crippen LogP) is 5.03. The highest BCUT2D eigenvalue weighted by molar-refractivity contribution is 7.98. The van der Waals surface area contributed by atoms with E-state index in [0.717, 1.165) is 0 Å². The van der Waals surface area contributed by atoms with Gasteiger partial charge in [0.1, 0.15) is 29.2 Å². The fourth-order valence-electron chi connectivity index (χ4n) is 4.20. The third-order valence-corrected chi connectivity index (χ3v) is 6.89. The van der Waals surface area contributed by atoms with Crippen molar-refractivity contribution in [2.75, 3.05) is 24.4 Å². The SMILES string of the molecule is COc1ccc(NC(=O)C(c2cccc(C)c2O)N(C(=O)C(CCSC)NC(=O)OC(C)(C)C)C2CC2)cc1. The van der Waals surface area contributed by atoms with E-state index in [2.05, 4.69) is 10.6 Å². The summed E-state index contributed by atoms with van der Waals surface area (Å²) >= 11 is 1.55. The van der Waals surface area contributed by atoms with Gasteiger partial charge in [0.25, 0.3) is 5.91 Å². The Morgan fingerprint density at radius 3 is 2.36 bits per heavy atom. The maximum absolute atomic E-state index is 14.2. The molecule has 0 bridgehead atoms. The van der Waals surface area contributed by atoms with E-state index in [-0.39, 0.29) is 11.8 Å². The van der Waals surface area contributed by atoms with Crippen molar-refractivity contribution in [3.05, 3.63) is 53.6 Å². The van der Waals surface area contributed by atoms with Crippen LogP contribution < -0.4 is 15.4 Å². The first-order chi connectivity index (χ1) is 18.4. The van der Waals surface area contributed by atoms with Gasteiger partial charge in [-0.2, -0.15) is 11.8 Å². The van der Waals surface area contributed by atoms with Crippen LogP contribution in [-0.2, 0) is 14.3 Å². The number of aryl methyl sites for hydroxylation is 1. The molecule has 212 valence electrons. The Kier molecular flexibility index (Phi) is 10.1. The van der Waals surface area contributed by atoms with Crippen LogP contribution in [0, 0.1) is 6.92 Å². The van der Waals surface area contributed by atoms with Gasteiger partial charge in [-0.3, -0.25) is 9.59 Å². The molecule has 9 nitrogen and oxygen atoms in total. The van der Waals surface area contributed by atoms with Crippen LogP contribution in [0.4, 0.5) is 10.5 Å². The first-order valence-corrected chi connectivity index (χ1v) is 14.4. The van der Waals surface area contributed by atoms with Crippen LogP contribution >= 0.6 is 11.8 Å². The summed E-state index contributed by atoms with van der Waals surface area (Å²) in [5, 5.41) is 16.6. The van der Waals surface area contributed by atoms with Crippen LogP contribution in [0.3, 0.4) is 0 Å². The number of thioether (sulfide) groups is 1. The third kappa shape index (κ3) is 8.29. The monoisotopic (exact) mass is 557 g/mol. The molecule has 3 rings (SSSR count). The number of carbonyl (C=O) groups is 3. The molecule has 0 radical (unpaired) electrons. The van der Waals surface area contributed by atoms with Gasteiger partial charge in [-0.1, -0.05) is 18.2 Å². The summed E-state index contributed by atoms with van der Waals surface area (Å²) in [6.07, 6.45) is 3.01. The van der Waals surface area contributed by atoms with E-state index in [1.165, 1.54) is 4.90 Å². The summed E-state index contributed by atoms with van der Waals surface area (Å²) in [5.41, 5.74) is 0.694. The number of nitrogens with zero attached hydrogens (tertiary/aromatic N) is 1. The molecule has 1 aliphatic carbocycles. The number of ether oxygens (including phenoxy) is 2. The van der Waals surface area contributed by atoms with E-state index in [0.29, 0.717) is 47.6 Å². The third-order valence-electron chi connectivity index (χ3n) is 6.24. The molecular weight excluding hydrogens is 518 g/mol. The minimum atomic E-state index is -1.12. The number of hydrogen-bond donors (Lipinski definition) is 3. The Balaban J connectivity index is 2.00. The number of aromatic hydroxyl groups is 1. The van der Waals surface area contributed by atoms with Crippen molar-refractivity contribution in [1.29, 1.82) is 0 Å². The number of para-hydroxylation sites is 1. The zero-order valence-electron chi connectivity index (χ0n) is 23.4. The highest BCUT2D eigenvalue weighted by Gasteiger charge is 2.45. The number of carbonyl (C=O) groups excluding carboxylic acids is 3. The number of alkyl carbamates (subject to hydrolysis) is 1. The Labute approximate surface area is 234 Å². The Morgan fingerprint density at radius 2 is 1.79 bits per heavy atom. The van der Waals surface area contributed by atoms with Crippen molar-refractivity contribution in [2.45, 2.75) is 70.7 Å². The molecule has 2 aromatic carbocycles. The van der Waals surface area contributed by atoms with Crippen molar-refractivity contribution in [2.24, 2.45) is 0 Å². The number of phenols is 1. The van der Waals surface area contributed by atoms with Crippen LogP contribution in [0.15, 0.2) is 42.5 Å². The van der Waals surface area contributed by atoms with Crippen molar-refractivity contribution >= 4 is 35.4 Å². The summed E-state index contributed by atoms with van der Waals surface area (Å²) in [6, 6.07) is 9.77. The first kappa shape index (κ1) is 30.1. The van der Waals surface area contributed by atoms with Gasteiger partial charge in [0, 0.05) is 17.3 Å². The van der Waals surface area contributed by atoms with Gasteiger partial charge >= 0.3 is 6.09 Å². The van der Waals surface area contributed by atoms with Crippen LogP contribution in [0.5, 0.6) is 11.5 Å². The predicted molar refractivity (Wildman–Crippen MR) is 153 cm³/mol. The summed E-state index contributed by atoms with van der Waals surface area (Å²) in [4.78, 5) is 42.2. The molecule has 2 atom stereocenters. The van der Waals surface area contributed by atoms with Gasteiger partial charge in [0.2, 0.25) is 5.91 Å².